The molecule has 70 valence electrons. The first-order chi connectivity index (χ1) is 6.95. The molecule has 3 aliphatic rings. The summed E-state index contributed by atoms with van der Waals surface area (Å²) < 4.78 is 0. The zero-order valence-electron chi connectivity index (χ0n) is 7.83. The van der Waals surface area contributed by atoms with Gasteiger partial charge in [0.25, 0.3) is 0 Å². The van der Waals surface area contributed by atoms with Gasteiger partial charge in [0.15, 0.2) is 0 Å². The molecule has 0 aromatic carbocycles. The summed E-state index contributed by atoms with van der Waals surface area (Å²) >= 11 is 0. The number of hydrogen-bond donors (Lipinski definition) is 2. The maximum absolute atomic E-state index is 3.24. The van der Waals surface area contributed by atoms with E-state index in [0.29, 0.717) is 5.92 Å². The molecule has 1 aliphatic heterocycles. The summed E-state index contributed by atoms with van der Waals surface area (Å²) in [5.74, 6) is 0.518. The summed E-state index contributed by atoms with van der Waals surface area (Å²) in [5.41, 5.74) is 10.3. The van der Waals surface area contributed by atoms with E-state index in [1.54, 1.807) is 0 Å². The zero-order chi connectivity index (χ0) is 9.38. The van der Waals surface area contributed by atoms with Gasteiger partial charge in [-0.15, -0.1) is 0 Å². The minimum atomic E-state index is 0.518. The van der Waals surface area contributed by atoms with Gasteiger partial charge in [0.05, 0.1) is 0 Å². The van der Waals surface area contributed by atoms with Gasteiger partial charge in [0.1, 0.15) is 0 Å². The lowest BCUT2D eigenvalue weighted by atomic mass is 9.90. The van der Waals surface area contributed by atoms with Crippen molar-refractivity contribution in [3.05, 3.63) is 59.4 Å². The van der Waals surface area contributed by atoms with Crippen LogP contribution in [-0.4, -0.2) is 6.54 Å². The minimum Gasteiger partial charge on any atom is -0.324 e. The quantitative estimate of drug-likeness (QED) is 0.597. The largest absolute Gasteiger partial charge is 0.324 e. The van der Waals surface area contributed by atoms with E-state index in [0.717, 1.165) is 6.54 Å². The molecule has 0 amide bonds. The van der Waals surface area contributed by atoms with Crippen LogP contribution in [0.1, 0.15) is 0 Å². The number of fused-ring (bicyclic) bond motifs is 2. The molecule has 0 radical (unpaired) electrons. The van der Waals surface area contributed by atoms with E-state index in [2.05, 4.69) is 53.4 Å². The van der Waals surface area contributed by atoms with Crippen LogP contribution in [0.3, 0.4) is 0 Å². The van der Waals surface area contributed by atoms with Gasteiger partial charge in [-0.3, -0.25) is 0 Å². The Labute approximate surface area is 83.4 Å². The first-order valence-electron chi connectivity index (χ1n) is 4.92. The normalized spacial score (nSPS) is 28.0. The van der Waals surface area contributed by atoms with E-state index in [9.17, 15) is 0 Å². The second kappa shape index (κ2) is 3.00. The number of hydrogen-bond acceptors (Lipinski definition) is 2. The van der Waals surface area contributed by atoms with Crippen molar-refractivity contribution in [2.24, 2.45) is 5.92 Å². The van der Waals surface area contributed by atoms with Gasteiger partial charge < -0.3 is 5.43 Å². The molecule has 0 aromatic rings. The van der Waals surface area contributed by atoms with Crippen LogP contribution in [-0.2, 0) is 0 Å². The fourth-order valence-corrected chi connectivity index (χ4v) is 2.05. The predicted octanol–water partition coefficient (Wildman–Crippen LogP) is 1.59. The molecule has 2 heteroatoms. The number of nitrogens with one attached hydrogen (secondary N) is 2. The van der Waals surface area contributed by atoms with Crippen molar-refractivity contribution in [3.8, 4) is 0 Å². The molecule has 0 spiro atoms. The Morgan fingerprint density at radius 3 is 3.14 bits per heavy atom. The van der Waals surface area contributed by atoms with Crippen LogP contribution in [0.4, 0.5) is 0 Å². The Morgan fingerprint density at radius 2 is 2.14 bits per heavy atom. The maximum Gasteiger partial charge on any atom is 0.0422 e. The van der Waals surface area contributed by atoms with E-state index in [-0.39, 0.29) is 0 Å². The number of hydrazine groups is 1. The van der Waals surface area contributed by atoms with Crippen molar-refractivity contribution in [2.45, 2.75) is 0 Å². The van der Waals surface area contributed by atoms with E-state index >= 15 is 0 Å². The lowest BCUT2D eigenvalue weighted by Crippen LogP contribution is -2.21. The van der Waals surface area contributed by atoms with E-state index in [1.807, 2.05) is 0 Å². The maximum atomic E-state index is 3.24. The van der Waals surface area contributed by atoms with Crippen LogP contribution >= 0.6 is 0 Å². The summed E-state index contributed by atoms with van der Waals surface area (Å²) in [4.78, 5) is 0. The number of rotatable bonds is 0. The van der Waals surface area contributed by atoms with Crippen LogP contribution < -0.4 is 10.9 Å². The number of allylic oxidation sites excluding steroid dienone is 8. The molecule has 0 aromatic heterocycles. The van der Waals surface area contributed by atoms with Gasteiger partial charge in [-0.25, -0.2) is 5.43 Å². The van der Waals surface area contributed by atoms with Gasteiger partial charge in [0.2, 0.25) is 0 Å². The first-order valence-corrected chi connectivity index (χ1v) is 4.92. The topological polar surface area (TPSA) is 24.1 Å². The molecule has 0 saturated carbocycles. The van der Waals surface area contributed by atoms with Crippen molar-refractivity contribution in [2.75, 3.05) is 6.54 Å². The molecular weight excluding hydrogens is 172 g/mol. The molecule has 1 atom stereocenters. The third-order valence-electron chi connectivity index (χ3n) is 2.79. The molecule has 1 heterocycles. The molecule has 14 heavy (non-hydrogen) atoms. The first kappa shape index (κ1) is 7.83. The SMILES string of the molecule is C1=CC=C2C=CC3CNNC3=C2C=C1. The van der Waals surface area contributed by atoms with Crippen LogP contribution in [0.25, 0.3) is 0 Å². The van der Waals surface area contributed by atoms with Crippen molar-refractivity contribution >= 4 is 0 Å². The smallest absolute Gasteiger partial charge is 0.0422 e. The zero-order valence-corrected chi connectivity index (χ0v) is 7.83. The van der Waals surface area contributed by atoms with Gasteiger partial charge >= 0.3 is 0 Å². The molecule has 1 saturated heterocycles. The minimum absolute atomic E-state index is 0.518. The fraction of sp³-hybridized carbons (Fsp3) is 0.167. The summed E-state index contributed by atoms with van der Waals surface area (Å²) in [5, 5.41) is 0. The third-order valence-corrected chi connectivity index (χ3v) is 2.79. The highest BCUT2D eigenvalue weighted by Gasteiger charge is 2.24. The summed E-state index contributed by atoms with van der Waals surface area (Å²) in [7, 11) is 0. The van der Waals surface area contributed by atoms with Gasteiger partial charge in [-0.1, -0.05) is 42.5 Å². The monoisotopic (exact) mass is 184 g/mol. The Hall–Kier alpha value is -1.54. The van der Waals surface area contributed by atoms with E-state index in [1.165, 1.54) is 16.8 Å². The van der Waals surface area contributed by atoms with E-state index in [4.69, 9.17) is 0 Å². The van der Waals surface area contributed by atoms with Crippen LogP contribution in [0.15, 0.2) is 59.4 Å². The highest BCUT2D eigenvalue weighted by molar-refractivity contribution is 5.56. The molecule has 1 fully saturated rings. The Balaban J connectivity index is 2.15. The summed E-state index contributed by atoms with van der Waals surface area (Å²) in [6, 6.07) is 0. The molecule has 2 nitrogen and oxygen atoms in total. The fourth-order valence-electron chi connectivity index (χ4n) is 2.05. The molecule has 3 rings (SSSR count). The second-order valence-corrected chi connectivity index (χ2v) is 3.66. The van der Waals surface area contributed by atoms with Crippen LogP contribution in [0.5, 0.6) is 0 Å². The predicted molar refractivity (Wildman–Crippen MR) is 57.2 cm³/mol. The van der Waals surface area contributed by atoms with E-state index < -0.39 is 0 Å². The summed E-state index contributed by atoms with van der Waals surface area (Å²) in [6.07, 6.45) is 15.0. The molecule has 1 unspecified atom stereocenters. The van der Waals surface area contributed by atoms with Crippen molar-refractivity contribution in [1.82, 2.24) is 10.9 Å². The molecule has 2 N–H and O–H groups in total. The highest BCUT2D eigenvalue weighted by Crippen LogP contribution is 2.30. The lowest BCUT2D eigenvalue weighted by molar-refractivity contribution is 0.707. The lowest BCUT2D eigenvalue weighted by Gasteiger charge is -2.16. The second-order valence-electron chi connectivity index (χ2n) is 3.66. The average Bonchev–Trinajstić information content (AvgIpc) is 2.55. The van der Waals surface area contributed by atoms with Gasteiger partial charge in [-0.2, -0.15) is 0 Å². The van der Waals surface area contributed by atoms with Crippen LogP contribution in [0, 0.1) is 5.92 Å². The summed E-state index contributed by atoms with van der Waals surface area (Å²) in [6.45, 7) is 0.990. The molecule has 2 aliphatic carbocycles. The van der Waals surface area contributed by atoms with Gasteiger partial charge in [-0.05, 0) is 5.57 Å². The van der Waals surface area contributed by atoms with Crippen molar-refractivity contribution in [1.29, 1.82) is 0 Å². The van der Waals surface area contributed by atoms with Gasteiger partial charge in [0, 0.05) is 23.7 Å². The van der Waals surface area contributed by atoms with Crippen molar-refractivity contribution < 1.29 is 0 Å². The highest BCUT2D eigenvalue weighted by atomic mass is 15.4. The third kappa shape index (κ3) is 1.08. The standard InChI is InChI=1S/C12H12N2/c1-2-4-9-6-7-10-8-13-14-12(10)11(9)5-3-1/h1-7,10,13-14H,8H2. The van der Waals surface area contributed by atoms with Crippen LogP contribution in [0.2, 0.25) is 0 Å². The van der Waals surface area contributed by atoms with Crippen molar-refractivity contribution in [3.63, 3.8) is 0 Å². The molecular formula is C12H12N2. The Kier molecular flexibility index (Phi) is 1.67. The molecule has 0 bridgehead atoms. The Morgan fingerprint density at radius 1 is 1.14 bits per heavy atom. The Bertz CT molecular complexity index is 408. The average molecular weight is 184 g/mol.